The molecule has 0 aromatic heterocycles. The maximum absolute atomic E-state index is 13.7. The quantitative estimate of drug-likeness (QED) is 0.802. The van der Waals surface area contributed by atoms with Crippen molar-refractivity contribution < 1.29 is 9.13 Å². The molecular weight excluding hydrogens is 333 g/mol. The van der Waals surface area contributed by atoms with Crippen LogP contribution in [0.5, 0.6) is 5.75 Å². The third-order valence-corrected chi connectivity index (χ3v) is 4.25. The average Bonchev–Trinajstić information content (AvgIpc) is 2.65. The first kappa shape index (κ1) is 14.4. The summed E-state index contributed by atoms with van der Waals surface area (Å²) in [5, 5.41) is 3.43. The largest absolute Gasteiger partial charge is 0.493 e. The molecule has 110 valence electrons. The number of aryl methyl sites for hydroxylation is 1. The summed E-state index contributed by atoms with van der Waals surface area (Å²) < 4.78 is 20.5. The summed E-state index contributed by atoms with van der Waals surface area (Å²) in [6, 6.07) is 11.5. The van der Waals surface area contributed by atoms with Crippen LogP contribution in [0.25, 0.3) is 0 Å². The fraction of sp³-hybridized carbons (Fsp3) is 0.294. The standard InChI is InChI=1S/C17H17BrFNO/c1-11-4-6-13(10-15(11)19)20-16-3-2-8-21-17-9-12(18)5-7-14(16)17/h4-7,9-10,16,20H,2-3,8H2,1H3. The molecule has 0 saturated heterocycles. The Labute approximate surface area is 132 Å². The van der Waals surface area contributed by atoms with E-state index in [0.717, 1.165) is 34.3 Å². The van der Waals surface area contributed by atoms with Crippen molar-refractivity contribution in [3.8, 4) is 5.75 Å². The topological polar surface area (TPSA) is 21.3 Å². The molecule has 3 rings (SSSR count). The summed E-state index contributed by atoms with van der Waals surface area (Å²) in [7, 11) is 0. The molecule has 2 aromatic carbocycles. The third-order valence-electron chi connectivity index (χ3n) is 3.76. The maximum Gasteiger partial charge on any atom is 0.128 e. The molecule has 0 saturated carbocycles. The van der Waals surface area contributed by atoms with E-state index in [1.807, 2.05) is 18.2 Å². The lowest BCUT2D eigenvalue weighted by atomic mass is 10.0. The van der Waals surface area contributed by atoms with E-state index in [1.54, 1.807) is 19.1 Å². The molecule has 21 heavy (non-hydrogen) atoms. The Kier molecular flexibility index (Phi) is 4.15. The lowest BCUT2D eigenvalue weighted by Gasteiger charge is -2.20. The van der Waals surface area contributed by atoms with Gasteiger partial charge in [0.1, 0.15) is 11.6 Å². The Bertz CT molecular complexity index is 659. The normalized spacial score (nSPS) is 17.6. The van der Waals surface area contributed by atoms with Crippen molar-refractivity contribution in [2.45, 2.75) is 25.8 Å². The van der Waals surface area contributed by atoms with Gasteiger partial charge in [-0.15, -0.1) is 0 Å². The molecule has 0 bridgehead atoms. The van der Waals surface area contributed by atoms with E-state index in [-0.39, 0.29) is 11.9 Å². The van der Waals surface area contributed by atoms with Crippen LogP contribution in [0.15, 0.2) is 40.9 Å². The number of hydrogen-bond donors (Lipinski definition) is 1. The monoisotopic (exact) mass is 349 g/mol. The second-order valence-electron chi connectivity index (χ2n) is 5.33. The maximum atomic E-state index is 13.7. The van der Waals surface area contributed by atoms with Crippen molar-refractivity contribution in [3.05, 3.63) is 57.8 Å². The SMILES string of the molecule is Cc1ccc(NC2CCCOc3cc(Br)ccc32)cc1F. The highest BCUT2D eigenvalue weighted by molar-refractivity contribution is 9.10. The van der Waals surface area contributed by atoms with Gasteiger partial charge in [-0.1, -0.05) is 28.1 Å². The predicted octanol–water partition coefficient (Wildman–Crippen LogP) is 5.22. The van der Waals surface area contributed by atoms with Gasteiger partial charge >= 0.3 is 0 Å². The zero-order chi connectivity index (χ0) is 14.8. The summed E-state index contributed by atoms with van der Waals surface area (Å²) in [6.07, 6.45) is 1.93. The van der Waals surface area contributed by atoms with Gasteiger partial charge in [0, 0.05) is 15.7 Å². The first-order valence-corrected chi connectivity index (χ1v) is 7.88. The Balaban J connectivity index is 1.90. The van der Waals surface area contributed by atoms with Gasteiger partial charge in [0.15, 0.2) is 0 Å². The molecule has 2 nitrogen and oxygen atoms in total. The first-order chi connectivity index (χ1) is 10.1. The molecule has 0 aliphatic carbocycles. The lowest BCUT2D eigenvalue weighted by Crippen LogP contribution is -2.10. The van der Waals surface area contributed by atoms with Crippen molar-refractivity contribution >= 4 is 21.6 Å². The number of nitrogens with one attached hydrogen (secondary N) is 1. The minimum atomic E-state index is -0.180. The molecule has 1 unspecified atom stereocenters. The van der Waals surface area contributed by atoms with Crippen LogP contribution >= 0.6 is 15.9 Å². The van der Waals surface area contributed by atoms with Crippen LogP contribution in [0, 0.1) is 12.7 Å². The van der Waals surface area contributed by atoms with Crippen LogP contribution in [0.1, 0.15) is 30.0 Å². The van der Waals surface area contributed by atoms with Gasteiger partial charge in [0.2, 0.25) is 0 Å². The zero-order valence-electron chi connectivity index (χ0n) is 11.8. The second-order valence-corrected chi connectivity index (χ2v) is 6.25. The zero-order valence-corrected chi connectivity index (χ0v) is 13.4. The highest BCUT2D eigenvalue weighted by Crippen LogP contribution is 2.35. The molecule has 0 radical (unpaired) electrons. The Morgan fingerprint density at radius 1 is 1.24 bits per heavy atom. The smallest absolute Gasteiger partial charge is 0.128 e. The van der Waals surface area contributed by atoms with Crippen molar-refractivity contribution in [1.82, 2.24) is 0 Å². The second kappa shape index (κ2) is 6.06. The van der Waals surface area contributed by atoms with Gasteiger partial charge in [0.05, 0.1) is 12.6 Å². The summed E-state index contributed by atoms with van der Waals surface area (Å²) in [5.74, 6) is 0.716. The van der Waals surface area contributed by atoms with E-state index in [1.165, 1.54) is 0 Å². The summed E-state index contributed by atoms with van der Waals surface area (Å²) in [6.45, 7) is 2.48. The molecular formula is C17H17BrFNO. The van der Waals surface area contributed by atoms with Gasteiger partial charge in [-0.05, 0) is 49.6 Å². The summed E-state index contributed by atoms with van der Waals surface area (Å²) >= 11 is 3.47. The van der Waals surface area contributed by atoms with Crippen molar-refractivity contribution in [2.75, 3.05) is 11.9 Å². The van der Waals surface area contributed by atoms with Crippen LogP contribution in [-0.2, 0) is 0 Å². The number of ether oxygens (including phenoxy) is 1. The van der Waals surface area contributed by atoms with Crippen molar-refractivity contribution in [2.24, 2.45) is 0 Å². The number of rotatable bonds is 2. The molecule has 1 heterocycles. The number of halogens is 2. The minimum Gasteiger partial charge on any atom is -0.493 e. The van der Waals surface area contributed by atoms with Crippen LogP contribution in [0.3, 0.4) is 0 Å². The van der Waals surface area contributed by atoms with E-state index >= 15 is 0 Å². The number of hydrogen-bond acceptors (Lipinski definition) is 2. The molecule has 0 spiro atoms. The highest BCUT2D eigenvalue weighted by atomic mass is 79.9. The molecule has 1 aliphatic rings. The number of anilines is 1. The van der Waals surface area contributed by atoms with Gasteiger partial charge in [-0.25, -0.2) is 4.39 Å². The van der Waals surface area contributed by atoms with E-state index < -0.39 is 0 Å². The number of benzene rings is 2. The molecule has 1 aliphatic heterocycles. The fourth-order valence-electron chi connectivity index (χ4n) is 2.58. The van der Waals surface area contributed by atoms with Crippen molar-refractivity contribution in [3.63, 3.8) is 0 Å². The van der Waals surface area contributed by atoms with Crippen LogP contribution in [0.4, 0.5) is 10.1 Å². The summed E-state index contributed by atoms with van der Waals surface area (Å²) in [4.78, 5) is 0. The van der Waals surface area contributed by atoms with E-state index in [2.05, 4.69) is 27.3 Å². The van der Waals surface area contributed by atoms with Crippen LogP contribution in [0.2, 0.25) is 0 Å². The molecule has 1 atom stereocenters. The first-order valence-electron chi connectivity index (χ1n) is 7.08. The Hall–Kier alpha value is -1.55. The third kappa shape index (κ3) is 3.21. The fourth-order valence-corrected chi connectivity index (χ4v) is 2.92. The van der Waals surface area contributed by atoms with Gasteiger partial charge in [0.25, 0.3) is 0 Å². The van der Waals surface area contributed by atoms with Gasteiger partial charge < -0.3 is 10.1 Å². The molecule has 1 N–H and O–H groups in total. The van der Waals surface area contributed by atoms with Crippen LogP contribution < -0.4 is 10.1 Å². The summed E-state index contributed by atoms with van der Waals surface area (Å²) in [5.41, 5.74) is 2.59. The molecule has 4 heteroatoms. The van der Waals surface area contributed by atoms with Crippen LogP contribution in [-0.4, -0.2) is 6.61 Å². The van der Waals surface area contributed by atoms with Crippen molar-refractivity contribution in [1.29, 1.82) is 0 Å². The van der Waals surface area contributed by atoms with Gasteiger partial charge in [-0.2, -0.15) is 0 Å². The Morgan fingerprint density at radius 2 is 2.10 bits per heavy atom. The molecule has 0 fully saturated rings. The lowest BCUT2D eigenvalue weighted by molar-refractivity contribution is 0.316. The highest BCUT2D eigenvalue weighted by Gasteiger charge is 2.20. The minimum absolute atomic E-state index is 0.137. The van der Waals surface area contributed by atoms with E-state index in [4.69, 9.17) is 4.74 Å². The van der Waals surface area contributed by atoms with E-state index in [0.29, 0.717) is 12.2 Å². The average molecular weight is 350 g/mol. The number of fused-ring (bicyclic) bond motifs is 1. The molecule has 0 amide bonds. The Morgan fingerprint density at radius 3 is 2.90 bits per heavy atom. The predicted molar refractivity (Wildman–Crippen MR) is 86.4 cm³/mol. The van der Waals surface area contributed by atoms with E-state index in [9.17, 15) is 4.39 Å². The van der Waals surface area contributed by atoms with Gasteiger partial charge in [-0.3, -0.25) is 0 Å². The molecule has 2 aromatic rings.